The number of hydrogen-bond acceptors (Lipinski definition) is 4. The molecule has 1 fully saturated rings. The van der Waals surface area contributed by atoms with Gasteiger partial charge in [-0.15, -0.1) is 0 Å². The molecule has 0 amide bonds. The normalized spacial score (nSPS) is 18.1. The average molecular weight is 292 g/mol. The number of carbonyl (C=O) groups is 1. The Morgan fingerprint density at radius 3 is 2.42 bits per heavy atom. The van der Waals surface area contributed by atoms with E-state index in [1.54, 1.807) is 0 Å². The molecule has 1 rings (SSSR count). The molecule has 112 valence electrons. The highest BCUT2D eigenvalue weighted by molar-refractivity contribution is 7.89. The molecule has 0 spiro atoms. The van der Waals surface area contributed by atoms with E-state index in [-0.39, 0.29) is 18.2 Å². The number of nitrogens with zero attached hydrogens (tertiary/aromatic N) is 1. The van der Waals surface area contributed by atoms with E-state index in [1.165, 1.54) is 4.31 Å². The lowest BCUT2D eigenvalue weighted by Crippen LogP contribution is -2.44. The van der Waals surface area contributed by atoms with E-state index in [4.69, 9.17) is 5.11 Å². The summed E-state index contributed by atoms with van der Waals surface area (Å²) in [6.07, 6.45) is 1.60. The molecule has 1 saturated heterocycles. The van der Waals surface area contributed by atoms with E-state index >= 15 is 0 Å². The highest BCUT2D eigenvalue weighted by Gasteiger charge is 2.28. The monoisotopic (exact) mass is 292 g/mol. The van der Waals surface area contributed by atoms with Gasteiger partial charge in [-0.3, -0.25) is 4.79 Å². The Kier molecular flexibility index (Phi) is 6.22. The summed E-state index contributed by atoms with van der Waals surface area (Å²) in [6, 6.07) is -0.131. The number of rotatable bonds is 7. The number of nitrogens with one attached hydrogen (secondary N) is 1. The van der Waals surface area contributed by atoms with Gasteiger partial charge in [-0.2, -0.15) is 4.31 Å². The Balaban J connectivity index is 2.67. The first-order valence-electron chi connectivity index (χ1n) is 6.75. The minimum absolute atomic E-state index is 0.131. The molecule has 1 aliphatic heterocycles. The molecular formula is C12H24N2O4S. The van der Waals surface area contributed by atoms with Crippen LogP contribution in [0.15, 0.2) is 0 Å². The summed E-state index contributed by atoms with van der Waals surface area (Å²) in [5, 5.41) is 11.9. The molecule has 1 aliphatic rings. The fraction of sp³-hybridized carbons (Fsp3) is 0.917. The molecule has 7 heteroatoms. The van der Waals surface area contributed by atoms with E-state index in [0.717, 1.165) is 25.9 Å². The maximum Gasteiger partial charge on any atom is 0.304 e. The number of carboxylic acid groups (broad SMARTS) is 1. The number of piperidine rings is 1. The third-order valence-corrected chi connectivity index (χ3v) is 5.41. The highest BCUT2D eigenvalue weighted by Crippen LogP contribution is 2.18. The Morgan fingerprint density at radius 2 is 1.95 bits per heavy atom. The molecule has 0 bridgehead atoms. The van der Waals surface area contributed by atoms with Gasteiger partial charge in [-0.25, -0.2) is 8.42 Å². The van der Waals surface area contributed by atoms with Crippen molar-refractivity contribution in [1.29, 1.82) is 0 Å². The zero-order valence-corrected chi connectivity index (χ0v) is 12.4. The van der Waals surface area contributed by atoms with Gasteiger partial charge >= 0.3 is 5.97 Å². The Labute approximate surface area is 115 Å². The number of hydrogen-bond donors (Lipinski definition) is 2. The summed E-state index contributed by atoms with van der Waals surface area (Å²) in [5.74, 6) is -1.02. The third kappa shape index (κ3) is 5.46. The van der Waals surface area contributed by atoms with Crippen molar-refractivity contribution in [3.8, 4) is 0 Å². The van der Waals surface area contributed by atoms with Gasteiger partial charge in [0.15, 0.2) is 0 Å². The highest BCUT2D eigenvalue weighted by atomic mass is 32.2. The van der Waals surface area contributed by atoms with Crippen molar-refractivity contribution < 1.29 is 18.3 Å². The van der Waals surface area contributed by atoms with Crippen LogP contribution in [0, 0.1) is 5.92 Å². The molecule has 0 aromatic heterocycles. The van der Waals surface area contributed by atoms with E-state index < -0.39 is 16.0 Å². The Morgan fingerprint density at radius 1 is 1.37 bits per heavy atom. The first-order valence-corrected chi connectivity index (χ1v) is 8.36. The molecule has 0 radical (unpaired) electrons. The maximum absolute atomic E-state index is 12.2. The van der Waals surface area contributed by atoms with Crippen LogP contribution in [0.3, 0.4) is 0 Å². The summed E-state index contributed by atoms with van der Waals surface area (Å²) >= 11 is 0. The minimum Gasteiger partial charge on any atom is -0.481 e. The molecule has 6 nitrogen and oxygen atoms in total. The zero-order chi connectivity index (χ0) is 14.5. The SMILES string of the molecule is CC(C)N(CC1CCNCC1)S(=O)(=O)CCC(=O)O. The summed E-state index contributed by atoms with van der Waals surface area (Å²) in [4.78, 5) is 10.5. The van der Waals surface area contributed by atoms with Crippen LogP contribution in [-0.2, 0) is 14.8 Å². The second-order valence-corrected chi connectivity index (χ2v) is 7.36. The number of sulfonamides is 1. The van der Waals surface area contributed by atoms with Crippen molar-refractivity contribution in [1.82, 2.24) is 9.62 Å². The summed E-state index contributed by atoms with van der Waals surface area (Å²) in [5.41, 5.74) is 0. The van der Waals surface area contributed by atoms with E-state index in [1.807, 2.05) is 13.8 Å². The predicted octanol–water partition coefficient (Wildman–Crippen LogP) is 0.501. The summed E-state index contributed by atoms with van der Waals surface area (Å²) in [7, 11) is -3.48. The van der Waals surface area contributed by atoms with Gasteiger partial charge in [0, 0.05) is 12.6 Å². The Hall–Kier alpha value is -0.660. The molecule has 0 aromatic rings. The first kappa shape index (κ1) is 16.4. The van der Waals surface area contributed by atoms with Crippen molar-refractivity contribution in [2.45, 2.75) is 39.2 Å². The average Bonchev–Trinajstić information content (AvgIpc) is 2.34. The molecule has 0 atom stereocenters. The first-order chi connectivity index (χ1) is 8.83. The van der Waals surface area contributed by atoms with Crippen LogP contribution in [0.1, 0.15) is 33.1 Å². The van der Waals surface area contributed by atoms with Gasteiger partial charge < -0.3 is 10.4 Å². The van der Waals surface area contributed by atoms with Crippen LogP contribution >= 0.6 is 0 Å². The molecule has 2 N–H and O–H groups in total. The van der Waals surface area contributed by atoms with Crippen LogP contribution in [-0.4, -0.2) is 55.2 Å². The fourth-order valence-electron chi connectivity index (χ4n) is 2.30. The predicted molar refractivity (Wildman–Crippen MR) is 73.5 cm³/mol. The maximum atomic E-state index is 12.2. The third-order valence-electron chi connectivity index (χ3n) is 3.40. The van der Waals surface area contributed by atoms with Gasteiger partial charge in [0.2, 0.25) is 10.0 Å². The van der Waals surface area contributed by atoms with Crippen molar-refractivity contribution in [2.24, 2.45) is 5.92 Å². The number of aliphatic carboxylic acids is 1. The summed E-state index contributed by atoms with van der Waals surface area (Å²) < 4.78 is 25.9. The molecule has 0 saturated carbocycles. The smallest absolute Gasteiger partial charge is 0.304 e. The minimum atomic E-state index is -3.48. The van der Waals surface area contributed by atoms with Crippen LogP contribution in [0.4, 0.5) is 0 Å². The van der Waals surface area contributed by atoms with Crippen molar-refractivity contribution in [2.75, 3.05) is 25.4 Å². The number of carboxylic acids is 1. The Bertz CT molecular complexity index is 389. The van der Waals surface area contributed by atoms with E-state index in [9.17, 15) is 13.2 Å². The molecule has 0 aromatic carbocycles. The van der Waals surface area contributed by atoms with Crippen molar-refractivity contribution >= 4 is 16.0 Å². The van der Waals surface area contributed by atoms with Gasteiger partial charge in [0.1, 0.15) is 0 Å². The van der Waals surface area contributed by atoms with Gasteiger partial charge in [-0.1, -0.05) is 0 Å². The topological polar surface area (TPSA) is 86.7 Å². The van der Waals surface area contributed by atoms with Crippen molar-refractivity contribution in [3.63, 3.8) is 0 Å². The van der Waals surface area contributed by atoms with E-state index in [2.05, 4.69) is 5.32 Å². The van der Waals surface area contributed by atoms with Crippen LogP contribution in [0.25, 0.3) is 0 Å². The van der Waals surface area contributed by atoms with Gasteiger partial charge in [0.25, 0.3) is 0 Å². The lowest BCUT2D eigenvalue weighted by atomic mass is 9.98. The van der Waals surface area contributed by atoms with Crippen LogP contribution < -0.4 is 5.32 Å². The van der Waals surface area contributed by atoms with Crippen LogP contribution in [0.2, 0.25) is 0 Å². The summed E-state index contributed by atoms with van der Waals surface area (Å²) in [6.45, 7) is 6.01. The molecule has 0 unspecified atom stereocenters. The zero-order valence-electron chi connectivity index (χ0n) is 11.6. The quantitative estimate of drug-likeness (QED) is 0.713. The van der Waals surface area contributed by atoms with Crippen molar-refractivity contribution in [3.05, 3.63) is 0 Å². The molecule has 19 heavy (non-hydrogen) atoms. The second-order valence-electron chi connectivity index (χ2n) is 5.32. The van der Waals surface area contributed by atoms with Gasteiger partial charge in [0.05, 0.1) is 12.2 Å². The lowest BCUT2D eigenvalue weighted by molar-refractivity contribution is -0.136. The molecular weight excluding hydrogens is 268 g/mol. The fourth-order valence-corrected chi connectivity index (χ4v) is 4.05. The largest absolute Gasteiger partial charge is 0.481 e. The van der Waals surface area contributed by atoms with Gasteiger partial charge in [-0.05, 0) is 45.7 Å². The second kappa shape index (κ2) is 7.21. The van der Waals surface area contributed by atoms with E-state index in [0.29, 0.717) is 12.5 Å². The lowest BCUT2D eigenvalue weighted by Gasteiger charge is -2.31. The standard InChI is InChI=1S/C12H24N2O4S/c1-10(2)14(9-11-3-6-13-7-4-11)19(17,18)8-5-12(15)16/h10-11,13H,3-9H2,1-2H3,(H,15,16). The molecule has 0 aliphatic carbocycles. The van der Waals surface area contributed by atoms with Crippen LogP contribution in [0.5, 0.6) is 0 Å². The molecule has 1 heterocycles.